The van der Waals surface area contributed by atoms with Crippen LogP contribution in [0.4, 0.5) is 0 Å². The zero-order chi connectivity index (χ0) is 19.3. The van der Waals surface area contributed by atoms with Crippen molar-refractivity contribution in [3.63, 3.8) is 0 Å². The molecule has 0 aromatic carbocycles. The van der Waals surface area contributed by atoms with Gasteiger partial charge in [-0.15, -0.1) is 0 Å². The molecular formula is C18H32N2O4Si. The lowest BCUT2D eigenvalue weighted by Crippen LogP contribution is -2.49. The number of furan rings is 1. The summed E-state index contributed by atoms with van der Waals surface area (Å²) in [5.74, 6) is -0.428. The topological polar surface area (TPSA) is 80.6 Å². The van der Waals surface area contributed by atoms with Crippen molar-refractivity contribution in [2.75, 3.05) is 6.61 Å². The van der Waals surface area contributed by atoms with Crippen molar-refractivity contribution in [2.24, 2.45) is 0 Å². The molecule has 142 valence electrons. The van der Waals surface area contributed by atoms with E-state index in [2.05, 4.69) is 44.5 Å². The molecule has 1 atom stereocenters. The van der Waals surface area contributed by atoms with E-state index >= 15 is 0 Å². The smallest absolute Gasteiger partial charge is 0.287 e. The summed E-state index contributed by atoms with van der Waals surface area (Å²) in [7, 11) is -1.89. The molecular weight excluding hydrogens is 336 g/mol. The average Bonchev–Trinajstić information content (AvgIpc) is 2.98. The van der Waals surface area contributed by atoms with Crippen LogP contribution in [0.5, 0.6) is 0 Å². The van der Waals surface area contributed by atoms with E-state index in [-0.39, 0.29) is 22.7 Å². The second kappa shape index (κ2) is 8.67. The lowest BCUT2D eigenvalue weighted by Gasteiger charge is -2.36. The zero-order valence-electron chi connectivity index (χ0n) is 16.4. The van der Waals surface area contributed by atoms with Crippen molar-refractivity contribution in [2.45, 2.75) is 71.3 Å². The quantitative estimate of drug-likeness (QED) is 0.690. The van der Waals surface area contributed by atoms with E-state index in [9.17, 15) is 9.59 Å². The summed E-state index contributed by atoms with van der Waals surface area (Å²) in [6, 6.07) is 2.54. The highest BCUT2D eigenvalue weighted by Crippen LogP contribution is 2.36. The Bertz CT molecular complexity index is 562. The first-order valence-corrected chi connectivity index (χ1v) is 11.6. The molecule has 0 saturated carbocycles. The molecule has 6 nitrogen and oxygen atoms in total. The van der Waals surface area contributed by atoms with Gasteiger partial charge in [0.25, 0.3) is 5.91 Å². The molecule has 0 radical (unpaired) electrons. The van der Waals surface area contributed by atoms with Crippen molar-refractivity contribution in [3.8, 4) is 0 Å². The van der Waals surface area contributed by atoms with Gasteiger partial charge in [-0.1, -0.05) is 20.8 Å². The van der Waals surface area contributed by atoms with E-state index in [1.165, 1.54) is 6.26 Å². The van der Waals surface area contributed by atoms with Crippen LogP contribution in [0.2, 0.25) is 18.1 Å². The van der Waals surface area contributed by atoms with Gasteiger partial charge in [0.15, 0.2) is 14.1 Å². The van der Waals surface area contributed by atoms with Crippen LogP contribution < -0.4 is 10.6 Å². The summed E-state index contributed by atoms with van der Waals surface area (Å²) in [4.78, 5) is 24.6. The zero-order valence-corrected chi connectivity index (χ0v) is 17.4. The molecule has 0 aliphatic carbocycles. The van der Waals surface area contributed by atoms with E-state index in [0.717, 1.165) is 0 Å². The van der Waals surface area contributed by atoms with Gasteiger partial charge < -0.3 is 19.5 Å². The fourth-order valence-corrected chi connectivity index (χ4v) is 3.00. The third kappa shape index (κ3) is 6.66. The Morgan fingerprint density at radius 1 is 1.24 bits per heavy atom. The number of amides is 2. The minimum atomic E-state index is -1.89. The van der Waals surface area contributed by atoms with Gasteiger partial charge in [0, 0.05) is 12.6 Å². The molecule has 1 aromatic rings. The standard InChI is InChI=1S/C18H32N2O4Si/c1-13(2)19-16(21)14(20-17(22)15-9-8-11-23-15)10-12-24-25(6,7)18(3,4)5/h8-9,11,13-14H,10,12H2,1-7H3,(H,19,21)(H,20,22). The molecule has 0 fully saturated rings. The molecule has 1 rings (SSSR count). The highest BCUT2D eigenvalue weighted by molar-refractivity contribution is 6.74. The van der Waals surface area contributed by atoms with Crippen molar-refractivity contribution in [3.05, 3.63) is 24.2 Å². The van der Waals surface area contributed by atoms with Gasteiger partial charge in [-0.25, -0.2) is 0 Å². The number of carbonyl (C=O) groups excluding carboxylic acids is 2. The largest absolute Gasteiger partial charge is 0.459 e. The normalized spacial score (nSPS) is 13.6. The predicted molar refractivity (Wildman–Crippen MR) is 101 cm³/mol. The molecule has 0 saturated heterocycles. The van der Waals surface area contributed by atoms with Crippen molar-refractivity contribution < 1.29 is 18.4 Å². The molecule has 0 aliphatic rings. The number of rotatable bonds is 8. The van der Waals surface area contributed by atoms with Gasteiger partial charge in [-0.05, 0) is 50.5 Å². The van der Waals surface area contributed by atoms with Crippen LogP contribution in [0.25, 0.3) is 0 Å². The third-order valence-electron chi connectivity index (χ3n) is 4.47. The second-order valence-corrected chi connectivity index (χ2v) is 12.9. The SMILES string of the molecule is CC(C)NC(=O)C(CCO[Si](C)(C)C(C)(C)C)NC(=O)c1ccco1. The summed E-state index contributed by atoms with van der Waals surface area (Å²) in [6.45, 7) is 15.0. The van der Waals surface area contributed by atoms with E-state index < -0.39 is 20.3 Å². The summed E-state index contributed by atoms with van der Waals surface area (Å²) in [5.41, 5.74) is 0. The fourth-order valence-electron chi connectivity index (χ4n) is 1.94. The Morgan fingerprint density at radius 2 is 1.88 bits per heavy atom. The number of hydrogen-bond donors (Lipinski definition) is 2. The van der Waals surface area contributed by atoms with E-state index in [0.29, 0.717) is 13.0 Å². The van der Waals surface area contributed by atoms with Crippen molar-refractivity contribution in [1.82, 2.24) is 10.6 Å². The van der Waals surface area contributed by atoms with Crippen LogP contribution >= 0.6 is 0 Å². The summed E-state index contributed by atoms with van der Waals surface area (Å²) >= 11 is 0. The fraction of sp³-hybridized carbons (Fsp3) is 0.667. The van der Waals surface area contributed by atoms with Crippen LogP contribution in [0.3, 0.4) is 0 Å². The molecule has 1 unspecified atom stereocenters. The lowest BCUT2D eigenvalue weighted by atomic mass is 10.2. The Morgan fingerprint density at radius 3 is 2.36 bits per heavy atom. The van der Waals surface area contributed by atoms with Crippen LogP contribution in [-0.4, -0.2) is 38.8 Å². The Hall–Kier alpha value is -1.60. The van der Waals surface area contributed by atoms with E-state index in [4.69, 9.17) is 8.84 Å². The highest BCUT2D eigenvalue weighted by atomic mass is 28.4. The first-order chi connectivity index (χ1) is 11.4. The molecule has 0 spiro atoms. The van der Waals surface area contributed by atoms with E-state index in [1.54, 1.807) is 12.1 Å². The minimum absolute atomic E-state index is 0.00294. The van der Waals surface area contributed by atoms with Gasteiger partial charge in [-0.3, -0.25) is 9.59 Å². The van der Waals surface area contributed by atoms with Crippen LogP contribution in [0.1, 0.15) is 51.6 Å². The molecule has 2 amide bonds. The predicted octanol–water partition coefficient (Wildman–Crippen LogP) is 3.31. The maximum Gasteiger partial charge on any atom is 0.287 e. The summed E-state index contributed by atoms with van der Waals surface area (Å²) in [5, 5.41) is 5.68. The molecule has 1 heterocycles. The van der Waals surface area contributed by atoms with Crippen LogP contribution in [0, 0.1) is 0 Å². The monoisotopic (exact) mass is 368 g/mol. The Labute approximate surface area is 151 Å². The molecule has 2 N–H and O–H groups in total. The van der Waals surface area contributed by atoms with Crippen molar-refractivity contribution in [1.29, 1.82) is 0 Å². The minimum Gasteiger partial charge on any atom is -0.459 e. The van der Waals surface area contributed by atoms with Gasteiger partial charge in [0.1, 0.15) is 6.04 Å². The van der Waals surface area contributed by atoms with Gasteiger partial charge in [0.2, 0.25) is 5.91 Å². The number of hydrogen-bond acceptors (Lipinski definition) is 4. The second-order valence-electron chi connectivity index (χ2n) is 8.06. The Balaban J connectivity index is 2.71. The summed E-state index contributed by atoms with van der Waals surface area (Å²) in [6.07, 6.45) is 1.84. The van der Waals surface area contributed by atoms with Crippen LogP contribution in [0.15, 0.2) is 22.8 Å². The first-order valence-electron chi connectivity index (χ1n) is 8.73. The molecule has 7 heteroatoms. The maximum atomic E-state index is 12.4. The van der Waals surface area contributed by atoms with Gasteiger partial charge >= 0.3 is 0 Å². The van der Waals surface area contributed by atoms with Crippen LogP contribution in [-0.2, 0) is 9.22 Å². The molecule has 1 aromatic heterocycles. The van der Waals surface area contributed by atoms with E-state index in [1.807, 2.05) is 13.8 Å². The summed E-state index contributed by atoms with van der Waals surface area (Å²) < 4.78 is 11.2. The highest BCUT2D eigenvalue weighted by Gasteiger charge is 2.37. The van der Waals surface area contributed by atoms with Gasteiger partial charge in [-0.2, -0.15) is 0 Å². The Kier molecular flexibility index (Phi) is 7.43. The molecule has 25 heavy (non-hydrogen) atoms. The average molecular weight is 369 g/mol. The van der Waals surface area contributed by atoms with Crippen molar-refractivity contribution >= 4 is 20.1 Å². The maximum absolute atomic E-state index is 12.4. The number of carbonyl (C=O) groups is 2. The number of nitrogens with one attached hydrogen (secondary N) is 2. The third-order valence-corrected chi connectivity index (χ3v) is 9.01. The van der Waals surface area contributed by atoms with Gasteiger partial charge in [0.05, 0.1) is 6.26 Å². The lowest BCUT2D eigenvalue weighted by molar-refractivity contribution is -0.123. The molecule has 0 aliphatic heterocycles. The molecule has 0 bridgehead atoms. The first kappa shape index (κ1) is 21.4.